The largest absolute Gasteiger partial charge is 0.397 e. The number of aromatic nitrogens is 1. The van der Waals surface area contributed by atoms with Crippen molar-refractivity contribution >= 4 is 23.4 Å². The van der Waals surface area contributed by atoms with Crippen LogP contribution in [0.2, 0.25) is 0 Å². The monoisotopic (exact) mass is 239 g/mol. The Morgan fingerprint density at radius 3 is 3.06 bits per heavy atom. The first-order valence-corrected chi connectivity index (χ1v) is 6.45. The zero-order valence-electron chi connectivity index (χ0n) is 9.56. The predicted molar refractivity (Wildman–Crippen MR) is 68.6 cm³/mol. The summed E-state index contributed by atoms with van der Waals surface area (Å²) in [5.74, 6) is -0.202. The normalized spacial score (nSPS) is 12.1. The zero-order chi connectivity index (χ0) is 12.0. The van der Waals surface area contributed by atoms with E-state index in [2.05, 4.69) is 23.5 Å². The van der Waals surface area contributed by atoms with Gasteiger partial charge in [0.1, 0.15) is 0 Å². The van der Waals surface area contributed by atoms with Crippen LogP contribution < -0.4 is 11.1 Å². The number of nitrogens with one attached hydrogen (secondary N) is 1. The number of rotatable bonds is 5. The molecule has 4 nitrogen and oxygen atoms in total. The van der Waals surface area contributed by atoms with Crippen molar-refractivity contribution in [3.8, 4) is 0 Å². The highest BCUT2D eigenvalue weighted by molar-refractivity contribution is 7.99. The molecule has 1 heterocycles. The average molecular weight is 239 g/mol. The summed E-state index contributed by atoms with van der Waals surface area (Å²) in [6.45, 7) is 2.78. The summed E-state index contributed by atoms with van der Waals surface area (Å²) in [4.78, 5) is 15.6. The maximum Gasteiger partial charge on any atom is 0.272 e. The minimum atomic E-state index is -0.202. The molecule has 3 N–H and O–H groups in total. The van der Waals surface area contributed by atoms with Crippen LogP contribution in [0.25, 0.3) is 0 Å². The summed E-state index contributed by atoms with van der Waals surface area (Å²) in [6.07, 6.45) is 4.57. The maximum absolute atomic E-state index is 11.7. The minimum Gasteiger partial charge on any atom is -0.397 e. The van der Waals surface area contributed by atoms with E-state index in [0.29, 0.717) is 23.2 Å². The second kappa shape index (κ2) is 6.37. The molecule has 1 amide bonds. The van der Waals surface area contributed by atoms with Crippen molar-refractivity contribution in [2.75, 3.05) is 18.5 Å². The third-order valence-corrected chi connectivity index (χ3v) is 3.33. The van der Waals surface area contributed by atoms with E-state index in [-0.39, 0.29) is 5.91 Å². The van der Waals surface area contributed by atoms with Crippen LogP contribution in [0.3, 0.4) is 0 Å². The lowest BCUT2D eigenvalue weighted by molar-refractivity contribution is 0.0949. The van der Waals surface area contributed by atoms with Gasteiger partial charge in [-0.2, -0.15) is 11.8 Å². The van der Waals surface area contributed by atoms with Crippen LogP contribution in [0.15, 0.2) is 18.3 Å². The van der Waals surface area contributed by atoms with Gasteiger partial charge in [0.2, 0.25) is 0 Å². The molecule has 1 atom stereocenters. The highest BCUT2D eigenvalue weighted by atomic mass is 32.2. The third kappa shape index (κ3) is 3.73. The van der Waals surface area contributed by atoms with E-state index in [4.69, 9.17) is 5.73 Å². The van der Waals surface area contributed by atoms with Gasteiger partial charge in [-0.25, -0.2) is 4.98 Å². The second-order valence-electron chi connectivity index (χ2n) is 3.53. The van der Waals surface area contributed by atoms with Gasteiger partial charge in [0.25, 0.3) is 5.91 Å². The predicted octanol–water partition coefficient (Wildman–Crippen LogP) is 1.54. The van der Waals surface area contributed by atoms with Crippen LogP contribution in [0.4, 0.5) is 5.69 Å². The number of pyridine rings is 1. The Hall–Kier alpha value is -1.23. The van der Waals surface area contributed by atoms with Gasteiger partial charge in [0.05, 0.1) is 5.69 Å². The molecule has 0 radical (unpaired) electrons. The number of nitrogens with zero attached hydrogens (tertiary/aromatic N) is 1. The van der Waals surface area contributed by atoms with E-state index >= 15 is 0 Å². The second-order valence-corrected chi connectivity index (χ2v) is 4.81. The van der Waals surface area contributed by atoms with E-state index in [1.165, 1.54) is 0 Å². The zero-order valence-corrected chi connectivity index (χ0v) is 10.4. The van der Waals surface area contributed by atoms with Crippen LogP contribution >= 0.6 is 11.8 Å². The molecule has 0 aliphatic heterocycles. The number of amides is 1. The Balaban J connectivity index is 2.44. The lowest BCUT2D eigenvalue weighted by atomic mass is 10.2. The van der Waals surface area contributed by atoms with Crippen molar-refractivity contribution in [1.29, 1.82) is 0 Å². The summed E-state index contributed by atoms with van der Waals surface area (Å²) in [7, 11) is 0. The van der Waals surface area contributed by atoms with Crippen molar-refractivity contribution < 1.29 is 4.79 Å². The Kier molecular flexibility index (Phi) is 5.11. The smallest absolute Gasteiger partial charge is 0.272 e. The molecular formula is C11H17N3OS. The number of carbonyl (C=O) groups is 1. The average Bonchev–Trinajstić information content (AvgIpc) is 2.29. The first kappa shape index (κ1) is 12.8. The number of hydrogen-bond donors (Lipinski definition) is 2. The summed E-state index contributed by atoms with van der Waals surface area (Å²) in [5.41, 5.74) is 6.37. The molecular weight excluding hydrogens is 222 g/mol. The maximum atomic E-state index is 11.7. The molecule has 0 saturated carbocycles. The van der Waals surface area contributed by atoms with Gasteiger partial charge < -0.3 is 11.1 Å². The van der Waals surface area contributed by atoms with Gasteiger partial charge in [-0.1, -0.05) is 6.92 Å². The lowest BCUT2D eigenvalue weighted by Crippen LogP contribution is -2.27. The molecule has 0 aliphatic carbocycles. The number of nitrogen functional groups attached to an aromatic ring is 1. The molecule has 1 aromatic rings. The van der Waals surface area contributed by atoms with Crippen molar-refractivity contribution in [2.45, 2.75) is 18.6 Å². The number of anilines is 1. The molecule has 1 rings (SSSR count). The fraction of sp³-hybridized carbons (Fsp3) is 0.455. The number of carbonyl (C=O) groups excluding carboxylic acids is 1. The SMILES string of the molecule is CSC(C)CCNC(=O)c1ncccc1N. The topological polar surface area (TPSA) is 68.0 Å². The van der Waals surface area contributed by atoms with Crippen LogP contribution in [0.5, 0.6) is 0 Å². The van der Waals surface area contributed by atoms with E-state index < -0.39 is 0 Å². The molecule has 0 spiro atoms. The van der Waals surface area contributed by atoms with E-state index in [1.54, 1.807) is 30.1 Å². The van der Waals surface area contributed by atoms with Crippen molar-refractivity contribution in [1.82, 2.24) is 10.3 Å². The lowest BCUT2D eigenvalue weighted by Gasteiger charge is -2.09. The molecule has 1 aromatic heterocycles. The highest BCUT2D eigenvalue weighted by Gasteiger charge is 2.10. The molecule has 0 aromatic carbocycles. The summed E-state index contributed by atoms with van der Waals surface area (Å²) in [5, 5.41) is 3.35. The van der Waals surface area contributed by atoms with Crippen molar-refractivity contribution in [3.63, 3.8) is 0 Å². The quantitative estimate of drug-likeness (QED) is 0.817. The molecule has 0 aliphatic rings. The molecule has 16 heavy (non-hydrogen) atoms. The summed E-state index contributed by atoms with van der Waals surface area (Å²) in [6, 6.07) is 3.38. The first-order valence-electron chi connectivity index (χ1n) is 5.16. The van der Waals surface area contributed by atoms with Gasteiger partial charge in [0.15, 0.2) is 5.69 Å². The van der Waals surface area contributed by atoms with Gasteiger partial charge >= 0.3 is 0 Å². The van der Waals surface area contributed by atoms with E-state index in [0.717, 1.165) is 6.42 Å². The molecule has 0 fully saturated rings. The number of nitrogens with two attached hydrogens (primary N) is 1. The van der Waals surface area contributed by atoms with Gasteiger partial charge in [-0.3, -0.25) is 4.79 Å². The van der Waals surface area contributed by atoms with Gasteiger partial charge in [-0.15, -0.1) is 0 Å². The molecule has 0 bridgehead atoms. The Labute approximate surface area is 100 Å². The van der Waals surface area contributed by atoms with Gasteiger partial charge in [0, 0.05) is 18.0 Å². The Morgan fingerprint density at radius 2 is 2.44 bits per heavy atom. The van der Waals surface area contributed by atoms with E-state index in [9.17, 15) is 4.79 Å². The standard InChI is InChI=1S/C11H17N3OS/c1-8(16-2)5-7-14-11(15)10-9(12)4-3-6-13-10/h3-4,6,8H,5,7,12H2,1-2H3,(H,14,15). The van der Waals surface area contributed by atoms with Crippen molar-refractivity contribution in [3.05, 3.63) is 24.0 Å². The summed E-state index contributed by atoms with van der Waals surface area (Å²) >= 11 is 1.78. The van der Waals surface area contributed by atoms with Crippen LogP contribution in [-0.4, -0.2) is 28.9 Å². The fourth-order valence-corrected chi connectivity index (χ4v) is 1.55. The van der Waals surface area contributed by atoms with Crippen molar-refractivity contribution in [2.24, 2.45) is 0 Å². The third-order valence-electron chi connectivity index (χ3n) is 2.29. The highest BCUT2D eigenvalue weighted by Crippen LogP contribution is 2.09. The minimum absolute atomic E-state index is 0.202. The van der Waals surface area contributed by atoms with Crippen LogP contribution in [0, 0.1) is 0 Å². The Morgan fingerprint density at radius 1 is 1.69 bits per heavy atom. The van der Waals surface area contributed by atoms with Crippen LogP contribution in [0.1, 0.15) is 23.8 Å². The fourth-order valence-electron chi connectivity index (χ4n) is 1.20. The molecule has 1 unspecified atom stereocenters. The molecule has 5 heteroatoms. The van der Waals surface area contributed by atoms with Gasteiger partial charge in [-0.05, 0) is 24.8 Å². The summed E-state index contributed by atoms with van der Waals surface area (Å²) < 4.78 is 0. The first-order chi connectivity index (χ1) is 7.65. The Bertz CT molecular complexity index is 357. The van der Waals surface area contributed by atoms with Crippen LogP contribution in [-0.2, 0) is 0 Å². The number of hydrogen-bond acceptors (Lipinski definition) is 4. The number of thioether (sulfide) groups is 1. The van der Waals surface area contributed by atoms with E-state index in [1.807, 2.05) is 0 Å². The molecule has 88 valence electrons. The molecule has 0 saturated heterocycles.